The molecule has 1 heterocycles. The van der Waals surface area contributed by atoms with E-state index in [1.165, 1.54) is 37.3 Å². The van der Waals surface area contributed by atoms with Crippen molar-refractivity contribution in [3.05, 3.63) is 89.6 Å². The highest BCUT2D eigenvalue weighted by Gasteiger charge is 2.34. The largest absolute Gasteiger partial charge is 0.493 e. The minimum absolute atomic E-state index is 0.0445. The maximum atomic E-state index is 13.9. The summed E-state index contributed by atoms with van der Waals surface area (Å²) in [6.45, 7) is 4.14. The number of urea groups is 1. The Morgan fingerprint density at radius 1 is 0.932 bits per heavy atom. The molecule has 0 radical (unpaired) electrons. The number of carbonyl (C=O) groups is 2. The number of amides is 3. The molecule has 4 rings (SSSR count). The SMILES string of the molecule is COc1ccc(CN(CCc2c[nH]c3ccccc23)C(=O)CN(CC(C)C)C(=O)Nc2ccccc2C(F)(F)F)cc1OC. The standard InChI is InChI=1S/C33H37F3N4O4/c1-22(2)19-40(32(42)38-28-12-8-6-10-26(28)33(34,35)36)21-31(41)39(20-23-13-14-29(43-3)30(17-23)44-4)16-15-24-18-37-27-11-7-5-9-25(24)27/h5-14,17-18,22,37H,15-16,19-21H2,1-4H3,(H,38,42). The van der Waals surface area contributed by atoms with E-state index >= 15 is 0 Å². The van der Waals surface area contributed by atoms with E-state index in [9.17, 15) is 22.8 Å². The van der Waals surface area contributed by atoms with Gasteiger partial charge in [-0.05, 0) is 53.8 Å². The monoisotopic (exact) mass is 610 g/mol. The predicted octanol–water partition coefficient (Wildman–Crippen LogP) is 6.97. The minimum Gasteiger partial charge on any atom is -0.493 e. The molecule has 234 valence electrons. The Morgan fingerprint density at radius 2 is 1.64 bits per heavy atom. The molecule has 0 unspecified atom stereocenters. The number of benzene rings is 3. The summed E-state index contributed by atoms with van der Waals surface area (Å²) in [5.41, 5.74) is 1.48. The van der Waals surface area contributed by atoms with Crippen LogP contribution in [0.15, 0.2) is 72.9 Å². The number of methoxy groups -OCH3 is 2. The summed E-state index contributed by atoms with van der Waals surface area (Å²) in [4.78, 5) is 33.4. The molecule has 0 saturated carbocycles. The molecule has 11 heteroatoms. The second kappa shape index (κ2) is 14.2. The van der Waals surface area contributed by atoms with Gasteiger partial charge in [-0.1, -0.05) is 50.2 Å². The first kappa shape index (κ1) is 32.2. The van der Waals surface area contributed by atoms with Crippen LogP contribution in [-0.2, 0) is 23.9 Å². The molecule has 1 aromatic heterocycles. The lowest BCUT2D eigenvalue weighted by atomic mass is 10.1. The number of carbonyl (C=O) groups excluding carboxylic acids is 2. The van der Waals surface area contributed by atoms with Gasteiger partial charge >= 0.3 is 12.2 Å². The van der Waals surface area contributed by atoms with Gasteiger partial charge in [0, 0.05) is 36.7 Å². The van der Waals surface area contributed by atoms with Crippen LogP contribution in [0, 0.1) is 5.92 Å². The van der Waals surface area contributed by atoms with Crippen molar-refractivity contribution in [2.45, 2.75) is 33.0 Å². The van der Waals surface area contributed by atoms with Gasteiger partial charge in [0.2, 0.25) is 5.91 Å². The molecular weight excluding hydrogens is 573 g/mol. The first-order chi connectivity index (χ1) is 21.0. The summed E-state index contributed by atoms with van der Waals surface area (Å²) in [7, 11) is 3.07. The molecule has 0 aliphatic carbocycles. The minimum atomic E-state index is -4.65. The first-order valence-corrected chi connectivity index (χ1v) is 14.3. The van der Waals surface area contributed by atoms with Crippen molar-refractivity contribution in [1.29, 1.82) is 0 Å². The molecule has 3 aromatic carbocycles. The molecule has 0 fully saturated rings. The molecule has 0 saturated heterocycles. The third-order valence-electron chi connectivity index (χ3n) is 7.17. The van der Waals surface area contributed by atoms with Crippen LogP contribution < -0.4 is 14.8 Å². The highest BCUT2D eigenvalue weighted by atomic mass is 19.4. The average Bonchev–Trinajstić information content (AvgIpc) is 3.41. The Kier molecular flexibility index (Phi) is 10.4. The number of H-pyrrole nitrogens is 1. The van der Waals surface area contributed by atoms with Crippen molar-refractivity contribution in [3.8, 4) is 11.5 Å². The van der Waals surface area contributed by atoms with Gasteiger partial charge in [-0.3, -0.25) is 4.79 Å². The molecule has 0 bridgehead atoms. The summed E-state index contributed by atoms with van der Waals surface area (Å²) in [6.07, 6.45) is -2.19. The van der Waals surface area contributed by atoms with Crippen LogP contribution in [0.4, 0.5) is 23.7 Å². The summed E-state index contributed by atoms with van der Waals surface area (Å²) in [5.74, 6) is 0.668. The van der Waals surface area contributed by atoms with Crippen molar-refractivity contribution < 1.29 is 32.2 Å². The third kappa shape index (κ3) is 8.03. The number of para-hydroxylation sites is 2. The lowest BCUT2D eigenvalue weighted by molar-refractivity contribution is -0.137. The molecule has 3 amide bonds. The van der Waals surface area contributed by atoms with Crippen LogP contribution in [0.25, 0.3) is 10.9 Å². The molecule has 0 aliphatic rings. The number of alkyl halides is 3. The second-order valence-electron chi connectivity index (χ2n) is 10.9. The van der Waals surface area contributed by atoms with Crippen molar-refractivity contribution in [1.82, 2.24) is 14.8 Å². The van der Waals surface area contributed by atoms with Gasteiger partial charge in [0.05, 0.1) is 25.5 Å². The molecule has 0 atom stereocenters. The zero-order chi connectivity index (χ0) is 31.9. The fraction of sp³-hybridized carbons (Fsp3) is 0.333. The highest BCUT2D eigenvalue weighted by molar-refractivity contribution is 5.93. The van der Waals surface area contributed by atoms with E-state index in [-0.39, 0.29) is 37.1 Å². The van der Waals surface area contributed by atoms with Crippen molar-refractivity contribution in [3.63, 3.8) is 0 Å². The van der Waals surface area contributed by atoms with Gasteiger partial charge < -0.3 is 29.6 Å². The van der Waals surface area contributed by atoms with Gasteiger partial charge in [-0.2, -0.15) is 13.2 Å². The van der Waals surface area contributed by atoms with E-state index in [1.54, 1.807) is 17.0 Å². The molecule has 44 heavy (non-hydrogen) atoms. The third-order valence-corrected chi connectivity index (χ3v) is 7.17. The average molecular weight is 611 g/mol. The van der Waals surface area contributed by atoms with Crippen LogP contribution >= 0.6 is 0 Å². The topological polar surface area (TPSA) is 86.9 Å². The number of rotatable bonds is 12. The van der Waals surface area contributed by atoms with E-state index in [0.29, 0.717) is 24.5 Å². The van der Waals surface area contributed by atoms with E-state index < -0.39 is 17.8 Å². The zero-order valence-electron chi connectivity index (χ0n) is 25.2. The maximum Gasteiger partial charge on any atom is 0.418 e. The number of aromatic nitrogens is 1. The summed E-state index contributed by atoms with van der Waals surface area (Å²) in [6, 6.07) is 17.2. The van der Waals surface area contributed by atoms with E-state index in [2.05, 4.69) is 10.3 Å². The number of hydrogen-bond donors (Lipinski definition) is 2. The van der Waals surface area contributed by atoms with Crippen LogP contribution in [0.3, 0.4) is 0 Å². The number of anilines is 1. The number of nitrogens with one attached hydrogen (secondary N) is 2. The van der Waals surface area contributed by atoms with Gasteiger partial charge in [0.15, 0.2) is 11.5 Å². The quantitative estimate of drug-likeness (QED) is 0.182. The molecule has 0 aliphatic heterocycles. The number of fused-ring (bicyclic) bond motifs is 1. The van der Waals surface area contributed by atoms with Gasteiger partial charge in [-0.25, -0.2) is 4.79 Å². The van der Waals surface area contributed by atoms with E-state index in [4.69, 9.17) is 9.47 Å². The highest BCUT2D eigenvalue weighted by Crippen LogP contribution is 2.35. The second-order valence-corrected chi connectivity index (χ2v) is 10.9. The fourth-order valence-corrected chi connectivity index (χ4v) is 5.04. The van der Waals surface area contributed by atoms with Crippen LogP contribution in [-0.4, -0.2) is 60.6 Å². The van der Waals surface area contributed by atoms with Crippen molar-refractivity contribution >= 4 is 28.5 Å². The van der Waals surface area contributed by atoms with Gasteiger partial charge in [0.1, 0.15) is 6.54 Å². The Bertz CT molecular complexity index is 1580. The van der Waals surface area contributed by atoms with Crippen molar-refractivity contribution in [2.75, 3.05) is 39.2 Å². The van der Waals surface area contributed by atoms with Gasteiger partial charge in [0.25, 0.3) is 0 Å². The Labute approximate surface area is 254 Å². The number of halogens is 3. The lowest BCUT2D eigenvalue weighted by Gasteiger charge is -2.29. The fourth-order valence-electron chi connectivity index (χ4n) is 5.04. The molecule has 2 N–H and O–H groups in total. The van der Waals surface area contributed by atoms with Crippen molar-refractivity contribution in [2.24, 2.45) is 5.92 Å². The smallest absolute Gasteiger partial charge is 0.418 e. The molecule has 0 spiro atoms. The van der Waals surface area contributed by atoms with E-state index in [0.717, 1.165) is 28.1 Å². The summed E-state index contributed by atoms with van der Waals surface area (Å²) >= 11 is 0. The number of nitrogens with zero attached hydrogens (tertiary/aromatic N) is 2. The zero-order valence-corrected chi connectivity index (χ0v) is 25.2. The van der Waals surface area contributed by atoms with Crippen LogP contribution in [0.5, 0.6) is 11.5 Å². The van der Waals surface area contributed by atoms with Gasteiger partial charge in [-0.15, -0.1) is 0 Å². The number of ether oxygens (including phenoxy) is 2. The molecule has 4 aromatic rings. The Hall–Kier alpha value is -4.67. The van der Waals surface area contributed by atoms with E-state index in [1.807, 2.05) is 50.4 Å². The maximum absolute atomic E-state index is 13.9. The van der Waals surface area contributed by atoms with Crippen LogP contribution in [0.2, 0.25) is 0 Å². The normalized spacial score (nSPS) is 11.5. The summed E-state index contributed by atoms with van der Waals surface area (Å²) < 4.78 is 51.6. The molecular formula is C33H37F3N4O4. The molecule has 8 nitrogen and oxygen atoms in total. The first-order valence-electron chi connectivity index (χ1n) is 14.3. The van der Waals surface area contributed by atoms with Crippen LogP contribution in [0.1, 0.15) is 30.5 Å². The Morgan fingerprint density at radius 3 is 2.34 bits per heavy atom. The number of hydrogen-bond acceptors (Lipinski definition) is 4. The summed E-state index contributed by atoms with van der Waals surface area (Å²) in [5, 5.41) is 3.43. The predicted molar refractivity (Wildman–Crippen MR) is 164 cm³/mol. The Balaban J connectivity index is 1.58. The number of aromatic amines is 1. The lowest BCUT2D eigenvalue weighted by Crippen LogP contribution is -2.46.